The lowest BCUT2D eigenvalue weighted by Crippen LogP contribution is -1.97. The molecule has 1 rings (SSSR count). The van der Waals surface area contributed by atoms with Crippen molar-refractivity contribution in [1.82, 2.24) is 0 Å². The molecule has 19 heavy (non-hydrogen) atoms. The average molecular weight is 392 g/mol. The Hall–Kier alpha value is 0.140. The van der Waals surface area contributed by atoms with Crippen LogP contribution in [0, 0.1) is 0 Å². The Bertz CT molecular complexity index is 366. The summed E-state index contributed by atoms with van der Waals surface area (Å²) >= 11 is 6.92. The zero-order valence-electron chi connectivity index (χ0n) is 11.7. The third kappa shape index (κ3) is 6.92. The number of hydrogen-bond donors (Lipinski definition) is 1. The van der Waals surface area contributed by atoms with Crippen LogP contribution in [0.2, 0.25) is 0 Å². The van der Waals surface area contributed by atoms with Crippen molar-refractivity contribution in [2.45, 2.75) is 64.4 Å². The smallest absolute Gasteiger partial charge is 0.0790 e. The second-order valence-corrected chi connectivity index (χ2v) is 6.81. The molecule has 0 aliphatic rings. The highest BCUT2D eigenvalue weighted by Gasteiger charge is 2.08. The van der Waals surface area contributed by atoms with Crippen LogP contribution in [0.4, 0.5) is 0 Å². The Morgan fingerprint density at radius 2 is 1.58 bits per heavy atom. The van der Waals surface area contributed by atoms with Gasteiger partial charge in [-0.25, -0.2) is 0 Å². The van der Waals surface area contributed by atoms with E-state index in [1.165, 1.54) is 38.5 Å². The second-order valence-electron chi connectivity index (χ2n) is 5.10. The van der Waals surface area contributed by atoms with Crippen LogP contribution >= 0.6 is 31.9 Å². The lowest BCUT2D eigenvalue weighted by molar-refractivity contribution is 0.163. The van der Waals surface area contributed by atoms with Crippen LogP contribution in [0.25, 0.3) is 0 Å². The lowest BCUT2D eigenvalue weighted by atomic mass is 10.0. The summed E-state index contributed by atoms with van der Waals surface area (Å²) in [5.41, 5.74) is 1.00. The highest BCUT2D eigenvalue weighted by Crippen LogP contribution is 2.28. The van der Waals surface area contributed by atoms with E-state index in [0.29, 0.717) is 0 Å². The molecule has 0 saturated carbocycles. The van der Waals surface area contributed by atoms with E-state index < -0.39 is 0 Å². The molecule has 1 unspecified atom stereocenters. The summed E-state index contributed by atoms with van der Waals surface area (Å²) in [4.78, 5) is 0. The first-order chi connectivity index (χ1) is 9.15. The molecule has 0 amide bonds. The molecule has 108 valence electrons. The fraction of sp³-hybridized carbons (Fsp3) is 0.625. The third-order valence-corrected chi connectivity index (χ3v) is 5.29. The quantitative estimate of drug-likeness (QED) is 0.483. The number of aliphatic hydroxyl groups excluding tert-OH is 1. The van der Waals surface area contributed by atoms with E-state index in [0.717, 1.165) is 27.4 Å². The number of benzene rings is 1. The third-order valence-electron chi connectivity index (χ3n) is 3.41. The summed E-state index contributed by atoms with van der Waals surface area (Å²) in [6.45, 7) is 2.24. The molecule has 0 radical (unpaired) electrons. The predicted octanol–water partition coefficient (Wildman–Crippen LogP) is 6.39. The minimum absolute atomic E-state index is 0.333. The van der Waals surface area contributed by atoms with Gasteiger partial charge >= 0.3 is 0 Å². The van der Waals surface area contributed by atoms with Crippen molar-refractivity contribution in [2.24, 2.45) is 0 Å². The zero-order valence-corrected chi connectivity index (χ0v) is 14.8. The molecule has 1 atom stereocenters. The summed E-state index contributed by atoms with van der Waals surface area (Å²) in [6.07, 6.45) is 9.54. The number of rotatable bonds is 9. The lowest BCUT2D eigenvalue weighted by Gasteiger charge is -2.11. The maximum atomic E-state index is 10.1. The Morgan fingerprint density at radius 3 is 2.21 bits per heavy atom. The van der Waals surface area contributed by atoms with Gasteiger partial charge in [-0.3, -0.25) is 0 Å². The van der Waals surface area contributed by atoms with E-state index in [-0.39, 0.29) is 6.10 Å². The SMILES string of the molecule is CCCCCCCCCC(O)c1ccc(Br)c(Br)c1. The van der Waals surface area contributed by atoms with Crippen molar-refractivity contribution in [2.75, 3.05) is 0 Å². The maximum absolute atomic E-state index is 10.1. The van der Waals surface area contributed by atoms with E-state index in [2.05, 4.69) is 38.8 Å². The summed E-state index contributed by atoms with van der Waals surface area (Å²) in [7, 11) is 0. The molecule has 1 N–H and O–H groups in total. The van der Waals surface area contributed by atoms with Crippen LogP contribution in [0.1, 0.15) is 70.0 Å². The van der Waals surface area contributed by atoms with Crippen LogP contribution in [0.15, 0.2) is 27.1 Å². The minimum atomic E-state index is -0.333. The van der Waals surface area contributed by atoms with E-state index in [1.807, 2.05) is 18.2 Å². The van der Waals surface area contributed by atoms with Crippen molar-refractivity contribution in [1.29, 1.82) is 0 Å². The molecule has 0 heterocycles. The van der Waals surface area contributed by atoms with Gasteiger partial charge in [-0.2, -0.15) is 0 Å². The molecule has 0 fully saturated rings. The minimum Gasteiger partial charge on any atom is -0.388 e. The van der Waals surface area contributed by atoms with Crippen LogP contribution in [-0.4, -0.2) is 5.11 Å². The van der Waals surface area contributed by atoms with E-state index in [1.54, 1.807) is 0 Å². The van der Waals surface area contributed by atoms with Gasteiger partial charge in [0.1, 0.15) is 0 Å². The van der Waals surface area contributed by atoms with Crippen molar-refractivity contribution in [3.05, 3.63) is 32.7 Å². The normalized spacial score (nSPS) is 12.6. The molecular formula is C16H24Br2O. The van der Waals surface area contributed by atoms with Gasteiger partial charge in [-0.15, -0.1) is 0 Å². The highest BCUT2D eigenvalue weighted by molar-refractivity contribution is 9.13. The van der Waals surface area contributed by atoms with Gasteiger partial charge < -0.3 is 5.11 Å². The van der Waals surface area contributed by atoms with Gasteiger partial charge in [-0.05, 0) is 56.0 Å². The molecule has 0 aromatic heterocycles. The van der Waals surface area contributed by atoms with Gasteiger partial charge in [0.2, 0.25) is 0 Å². The Morgan fingerprint density at radius 1 is 0.947 bits per heavy atom. The molecule has 0 spiro atoms. The standard InChI is InChI=1S/C16H24Br2O/c1-2-3-4-5-6-7-8-9-16(19)13-10-11-14(17)15(18)12-13/h10-12,16,19H,2-9H2,1H3. The summed E-state index contributed by atoms with van der Waals surface area (Å²) < 4.78 is 2.03. The first-order valence-electron chi connectivity index (χ1n) is 7.28. The Kier molecular flexibility index (Phi) is 9.01. The molecule has 0 aliphatic carbocycles. The fourth-order valence-electron chi connectivity index (χ4n) is 2.18. The molecular weight excluding hydrogens is 368 g/mol. The molecule has 3 heteroatoms. The van der Waals surface area contributed by atoms with Crippen molar-refractivity contribution in [3.8, 4) is 0 Å². The summed E-state index contributed by atoms with van der Waals surface area (Å²) in [6, 6.07) is 5.96. The van der Waals surface area contributed by atoms with Crippen molar-refractivity contribution >= 4 is 31.9 Å². The molecule has 0 saturated heterocycles. The molecule has 0 bridgehead atoms. The number of halogens is 2. The largest absolute Gasteiger partial charge is 0.388 e. The summed E-state index contributed by atoms with van der Waals surface area (Å²) in [5, 5.41) is 10.1. The van der Waals surface area contributed by atoms with Crippen LogP contribution in [-0.2, 0) is 0 Å². The first kappa shape index (κ1) is 17.2. The van der Waals surface area contributed by atoms with Gasteiger partial charge in [-0.1, -0.05) is 57.9 Å². The molecule has 0 aliphatic heterocycles. The number of unbranched alkanes of at least 4 members (excludes halogenated alkanes) is 6. The van der Waals surface area contributed by atoms with Crippen LogP contribution in [0.3, 0.4) is 0 Å². The van der Waals surface area contributed by atoms with Crippen LogP contribution < -0.4 is 0 Å². The fourth-order valence-corrected chi connectivity index (χ4v) is 2.82. The first-order valence-corrected chi connectivity index (χ1v) is 8.86. The number of hydrogen-bond acceptors (Lipinski definition) is 1. The van der Waals surface area contributed by atoms with Crippen LogP contribution in [0.5, 0.6) is 0 Å². The topological polar surface area (TPSA) is 20.2 Å². The van der Waals surface area contributed by atoms with Gasteiger partial charge in [0.25, 0.3) is 0 Å². The Balaban J connectivity index is 2.20. The second kappa shape index (κ2) is 9.95. The van der Waals surface area contributed by atoms with E-state index in [4.69, 9.17) is 0 Å². The van der Waals surface area contributed by atoms with Gasteiger partial charge in [0, 0.05) is 8.95 Å². The molecule has 1 aromatic rings. The highest BCUT2D eigenvalue weighted by atomic mass is 79.9. The van der Waals surface area contributed by atoms with Gasteiger partial charge in [0.15, 0.2) is 0 Å². The van der Waals surface area contributed by atoms with Crippen molar-refractivity contribution < 1.29 is 5.11 Å². The average Bonchev–Trinajstić information content (AvgIpc) is 2.40. The van der Waals surface area contributed by atoms with Crippen molar-refractivity contribution in [3.63, 3.8) is 0 Å². The Labute approximate surface area is 134 Å². The summed E-state index contributed by atoms with van der Waals surface area (Å²) in [5.74, 6) is 0. The zero-order chi connectivity index (χ0) is 14.1. The monoisotopic (exact) mass is 390 g/mol. The number of aliphatic hydroxyl groups is 1. The van der Waals surface area contributed by atoms with E-state index in [9.17, 15) is 5.11 Å². The van der Waals surface area contributed by atoms with Gasteiger partial charge in [0.05, 0.1) is 6.10 Å². The maximum Gasteiger partial charge on any atom is 0.0790 e. The molecule has 1 nitrogen and oxygen atoms in total. The predicted molar refractivity (Wildman–Crippen MR) is 89.4 cm³/mol. The molecule has 1 aromatic carbocycles. The van der Waals surface area contributed by atoms with E-state index >= 15 is 0 Å².